The van der Waals surface area contributed by atoms with Gasteiger partial charge in [-0.2, -0.15) is 13.2 Å². The van der Waals surface area contributed by atoms with Gasteiger partial charge in [-0.15, -0.1) is 0 Å². The molecule has 9 heteroatoms. The monoisotopic (exact) mass is 461 g/mol. The first kappa shape index (κ1) is 24.1. The number of hydrogen-bond acceptors (Lipinski definition) is 5. The molecule has 1 aliphatic carbocycles. The molecule has 4 rings (SSSR count). The Labute approximate surface area is 186 Å². The highest BCUT2D eigenvalue weighted by Gasteiger charge is 2.53. The number of rotatable bonds is 9. The Kier molecular flexibility index (Phi) is 7.73. The van der Waals surface area contributed by atoms with Gasteiger partial charge in [0.2, 0.25) is 11.6 Å². The molecule has 0 spiro atoms. The number of aromatic nitrogens is 1. The van der Waals surface area contributed by atoms with Gasteiger partial charge in [0.25, 0.3) is 0 Å². The molecule has 2 aliphatic heterocycles. The van der Waals surface area contributed by atoms with Crippen molar-refractivity contribution in [2.24, 2.45) is 11.8 Å². The minimum Gasteiger partial charge on any atom is -0.467 e. The van der Waals surface area contributed by atoms with E-state index in [1.165, 1.54) is 0 Å². The summed E-state index contributed by atoms with van der Waals surface area (Å²) < 4.78 is 50.5. The molecule has 0 aromatic carbocycles. The second-order valence-electron chi connectivity index (χ2n) is 8.49. The molecule has 5 nitrogen and oxygen atoms in total. The summed E-state index contributed by atoms with van der Waals surface area (Å²) in [5, 5.41) is 3.04. The normalized spacial score (nSPS) is 26.5. The number of fused-ring (bicyclic) bond motifs is 3. The van der Waals surface area contributed by atoms with Crippen LogP contribution in [-0.2, 0) is 15.7 Å². The Bertz CT molecular complexity index is 767. The van der Waals surface area contributed by atoms with E-state index < -0.39 is 35.5 Å². The van der Waals surface area contributed by atoms with Crippen molar-refractivity contribution >= 4 is 17.6 Å². The van der Waals surface area contributed by atoms with E-state index in [1.807, 2.05) is 0 Å². The zero-order valence-corrected chi connectivity index (χ0v) is 18.4. The predicted molar refractivity (Wildman–Crippen MR) is 110 cm³/mol. The van der Waals surface area contributed by atoms with Crippen LogP contribution in [0.3, 0.4) is 0 Å². The third-order valence-corrected chi connectivity index (χ3v) is 6.36. The first-order valence-corrected chi connectivity index (χ1v) is 11.2. The van der Waals surface area contributed by atoms with Crippen molar-refractivity contribution in [3.05, 3.63) is 29.8 Å². The summed E-state index contributed by atoms with van der Waals surface area (Å²) in [6.45, 7) is 6.76. The number of unbranched alkanes of at least 4 members (excludes halogenated alkanes) is 3. The van der Waals surface area contributed by atoms with Crippen LogP contribution in [0.1, 0.15) is 63.9 Å². The lowest BCUT2D eigenvalue weighted by Gasteiger charge is -2.51. The standard InChI is InChI=1S/C22H29ClF3N2O3/c1-3-4-5-6-7-14(2)20(29)31-21-9-8-15(12-28-21)10-18(21)30-19-17(23)11-16(13-27-19)22(24,25)26/h11,13-15,18,28H,2-10,12H2,1H3/t14?,15-,18-,21+/m1/s1. The lowest BCUT2D eigenvalue weighted by molar-refractivity contribution is -0.202. The molecule has 1 unspecified atom stereocenters. The third-order valence-electron chi connectivity index (χ3n) is 6.09. The topological polar surface area (TPSA) is 60.5 Å². The van der Waals surface area contributed by atoms with Crippen molar-refractivity contribution in [2.75, 3.05) is 6.54 Å². The van der Waals surface area contributed by atoms with Crippen LogP contribution >= 0.6 is 11.6 Å². The Hall–Kier alpha value is -1.54. The van der Waals surface area contributed by atoms with Gasteiger partial charge in [0.05, 0.1) is 11.5 Å². The lowest BCUT2D eigenvalue weighted by Crippen LogP contribution is -2.67. The zero-order valence-electron chi connectivity index (χ0n) is 17.6. The minimum atomic E-state index is -4.54. The summed E-state index contributed by atoms with van der Waals surface area (Å²) in [6, 6.07) is 0.791. The molecular weight excluding hydrogens is 433 g/mol. The number of halogens is 4. The number of pyridine rings is 1. The molecule has 1 N–H and O–H groups in total. The highest BCUT2D eigenvalue weighted by atomic mass is 35.5. The molecule has 3 fully saturated rings. The van der Waals surface area contributed by atoms with Crippen LogP contribution in [0.5, 0.6) is 5.88 Å². The van der Waals surface area contributed by atoms with Crippen molar-refractivity contribution in [1.82, 2.24) is 10.3 Å². The van der Waals surface area contributed by atoms with Gasteiger partial charge >= 0.3 is 12.1 Å². The first-order chi connectivity index (χ1) is 14.6. The molecule has 1 aromatic rings. The number of hydrogen-bond donors (Lipinski definition) is 1. The molecule has 1 saturated carbocycles. The molecule has 2 bridgehead atoms. The van der Waals surface area contributed by atoms with E-state index in [0.717, 1.165) is 38.2 Å². The van der Waals surface area contributed by atoms with Gasteiger partial charge < -0.3 is 9.47 Å². The van der Waals surface area contributed by atoms with E-state index in [4.69, 9.17) is 21.1 Å². The quantitative estimate of drug-likeness (QED) is 0.385. The van der Waals surface area contributed by atoms with Gasteiger partial charge in [-0.25, -0.2) is 4.98 Å². The number of esters is 1. The summed E-state index contributed by atoms with van der Waals surface area (Å²) in [5.41, 5.74) is -2.00. The molecule has 1 aromatic heterocycles. The fraction of sp³-hybridized carbons (Fsp3) is 0.682. The molecule has 3 heterocycles. The summed E-state index contributed by atoms with van der Waals surface area (Å²) in [5.74, 6) is -0.663. The number of alkyl halides is 3. The Balaban J connectivity index is 1.69. The van der Waals surface area contributed by atoms with Crippen molar-refractivity contribution in [1.29, 1.82) is 0 Å². The number of nitrogens with zero attached hydrogens (tertiary/aromatic N) is 1. The van der Waals surface area contributed by atoms with E-state index in [-0.39, 0.29) is 10.9 Å². The molecule has 0 amide bonds. The van der Waals surface area contributed by atoms with Crippen LogP contribution in [-0.4, -0.2) is 29.3 Å². The van der Waals surface area contributed by atoms with Crippen LogP contribution < -0.4 is 10.1 Å². The van der Waals surface area contributed by atoms with Gasteiger partial charge in [0.15, 0.2) is 6.10 Å². The smallest absolute Gasteiger partial charge is 0.417 e. The van der Waals surface area contributed by atoms with Gasteiger partial charge in [-0.1, -0.05) is 44.2 Å². The molecular formula is C22H29ClF3N2O3. The van der Waals surface area contributed by atoms with E-state index in [9.17, 15) is 18.0 Å². The van der Waals surface area contributed by atoms with Crippen LogP contribution in [0.2, 0.25) is 5.02 Å². The fourth-order valence-corrected chi connectivity index (χ4v) is 4.40. The fourth-order valence-electron chi connectivity index (χ4n) is 4.19. The molecule has 1 radical (unpaired) electrons. The van der Waals surface area contributed by atoms with Crippen LogP contribution in [0.25, 0.3) is 0 Å². The lowest BCUT2D eigenvalue weighted by atomic mass is 9.76. The second-order valence-corrected chi connectivity index (χ2v) is 8.90. The van der Waals surface area contributed by atoms with Gasteiger partial charge in [0, 0.05) is 19.2 Å². The van der Waals surface area contributed by atoms with Crippen molar-refractivity contribution < 1.29 is 27.4 Å². The zero-order chi connectivity index (χ0) is 22.6. The second kappa shape index (κ2) is 9.94. The van der Waals surface area contributed by atoms with E-state index in [2.05, 4.69) is 24.1 Å². The molecule has 3 aliphatic rings. The highest BCUT2D eigenvalue weighted by Crippen LogP contribution is 2.42. The summed E-state index contributed by atoms with van der Waals surface area (Å²) in [7, 11) is 0. The van der Waals surface area contributed by atoms with E-state index >= 15 is 0 Å². The Morgan fingerprint density at radius 2 is 2.19 bits per heavy atom. The SMILES string of the molecule is [CH2]C(CCCCCC)C(=O)O[C@]12CC[C@@H](CN1)C[C@H]2Oc1ncc(C(F)(F)F)cc1Cl. The van der Waals surface area contributed by atoms with Crippen molar-refractivity contribution in [2.45, 2.75) is 76.3 Å². The van der Waals surface area contributed by atoms with E-state index in [1.54, 1.807) is 0 Å². The number of nitrogens with one attached hydrogen (secondary N) is 1. The number of carbonyl (C=O) groups excluding carboxylic acids is 1. The molecule has 2 saturated heterocycles. The van der Waals surface area contributed by atoms with Crippen molar-refractivity contribution in [3.63, 3.8) is 0 Å². The van der Waals surface area contributed by atoms with E-state index in [0.29, 0.717) is 37.9 Å². The van der Waals surface area contributed by atoms with Crippen molar-refractivity contribution in [3.8, 4) is 5.88 Å². The predicted octanol–water partition coefficient (Wildman–Crippen LogP) is 5.56. The number of ether oxygens (including phenoxy) is 2. The number of carbonyl (C=O) groups is 1. The maximum absolute atomic E-state index is 12.9. The Morgan fingerprint density at radius 1 is 1.42 bits per heavy atom. The minimum absolute atomic E-state index is 0.102. The Morgan fingerprint density at radius 3 is 2.81 bits per heavy atom. The highest BCUT2D eigenvalue weighted by molar-refractivity contribution is 6.31. The summed E-state index contributed by atoms with van der Waals surface area (Å²) in [6.07, 6.45) is 2.39. The first-order valence-electron chi connectivity index (χ1n) is 10.8. The van der Waals surface area contributed by atoms with Crippen LogP contribution in [0.15, 0.2) is 12.3 Å². The average molecular weight is 462 g/mol. The van der Waals surface area contributed by atoms with Crippen LogP contribution in [0.4, 0.5) is 13.2 Å². The molecule has 173 valence electrons. The maximum atomic E-state index is 12.9. The van der Waals surface area contributed by atoms with Gasteiger partial charge in [-0.3, -0.25) is 10.1 Å². The summed E-state index contributed by atoms with van der Waals surface area (Å²) >= 11 is 6.02. The van der Waals surface area contributed by atoms with Gasteiger partial charge in [-0.05, 0) is 38.2 Å². The maximum Gasteiger partial charge on any atom is 0.417 e. The van der Waals surface area contributed by atoms with Crippen LogP contribution in [0, 0.1) is 18.8 Å². The largest absolute Gasteiger partial charge is 0.467 e. The molecule has 4 atom stereocenters. The average Bonchev–Trinajstić information content (AvgIpc) is 2.72. The summed E-state index contributed by atoms with van der Waals surface area (Å²) in [4.78, 5) is 16.5. The number of piperidine rings is 2. The molecule has 31 heavy (non-hydrogen) atoms. The van der Waals surface area contributed by atoms with Gasteiger partial charge in [0.1, 0.15) is 5.02 Å². The third kappa shape index (κ3) is 5.83.